The zero-order chi connectivity index (χ0) is 12.7. The minimum atomic E-state index is -0.0229. The zero-order valence-electron chi connectivity index (χ0n) is 10.1. The van der Waals surface area contributed by atoms with E-state index in [0.29, 0.717) is 18.1 Å². The number of hydrogen-bond acceptors (Lipinski definition) is 3. The van der Waals surface area contributed by atoms with Gasteiger partial charge >= 0.3 is 0 Å². The summed E-state index contributed by atoms with van der Waals surface area (Å²) >= 11 is 1.33. The lowest BCUT2D eigenvalue weighted by Crippen LogP contribution is -2.25. The molecule has 1 rings (SSSR count). The molecule has 0 saturated heterocycles. The van der Waals surface area contributed by atoms with Crippen LogP contribution in [0.25, 0.3) is 0 Å². The van der Waals surface area contributed by atoms with Gasteiger partial charge in [0.05, 0.1) is 17.6 Å². The van der Waals surface area contributed by atoms with Gasteiger partial charge in [0.1, 0.15) is 0 Å². The third-order valence-electron chi connectivity index (χ3n) is 2.37. The van der Waals surface area contributed by atoms with Gasteiger partial charge in [-0.1, -0.05) is 23.8 Å². The smallest absolute Gasteiger partial charge is 0.230 e. The van der Waals surface area contributed by atoms with E-state index in [0.717, 1.165) is 5.56 Å². The summed E-state index contributed by atoms with van der Waals surface area (Å²) in [5.74, 6) is 0.681. The number of benzene rings is 1. The Hall–Kier alpha value is -1.47. The van der Waals surface area contributed by atoms with Crippen molar-refractivity contribution < 1.29 is 4.79 Å². The molecule has 0 saturated carbocycles. The minimum absolute atomic E-state index is 0.0229. The van der Waals surface area contributed by atoms with E-state index in [2.05, 4.69) is 11.4 Å². The van der Waals surface area contributed by atoms with Crippen molar-refractivity contribution in [3.63, 3.8) is 0 Å². The fourth-order valence-electron chi connectivity index (χ4n) is 1.48. The van der Waals surface area contributed by atoms with E-state index < -0.39 is 0 Å². The number of nitrogens with zero attached hydrogens (tertiary/aromatic N) is 1. The normalized spacial score (nSPS) is 9.71. The van der Waals surface area contributed by atoms with Crippen LogP contribution in [-0.2, 0) is 11.3 Å². The lowest BCUT2D eigenvalue weighted by atomic mass is 10.1. The highest BCUT2D eigenvalue weighted by Crippen LogP contribution is 2.10. The molecule has 0 heterocycles. The Morgan fingerprint density at radius 3 is 2.88 bits per heavy atom. The van der Waals surface area contributed by atoms with Crippen LogP contribution >= 0.6 is 11.8 Å². The molecular weight excluding hydrogens is 232 g/mol. The summed E-state index contributed by atoms with van der Waals surface area (Å²) in [4.78, 5) is 11.4. The summed E-state index contributed by atoms with van der Waals surface area (Å²) in [5, 5.41) is 11.2. The highest BCUT2D eigenvalue weighted by molar-refractivity contribution is 8.00. The summed E-state index contributed by atoms with van der Waals surface area (Å²) in [6, 6.07) is 8.17. The molecular formula is C13H16N2OS. The second-order valence-electron chi connectivity index (χ2n) is 3.86. The predicted molar refractivity (Wildman–Crippen MR) is 70.7 cm³/mol. The van der Waals surface area contributed by atoms with Gasteiger partial charge in [-0.15, -0.1) is 11.8 Å². The van der Waals surface area contributed by atoms with Crippen molar-refractivity contribution >= 4 is 17.7 Å². The lowest BCUT2D eigenvalue weighted by Gasteiger charge is -2.08. The molecule has 0 aliphatic rings. The number of nitriles is 1. The summed E-state index contributed by atoms with van der Waals surface area (Å²) in [6.07, 6.45) is 0. The van der Waals surface area contributed by atoms with Gasteiger partial charge in [0, 0.05) is 6.54 Å². The number of thioether (sulfide) groups is 1. The number of nitrogens with one attached hydrogen (secondary N) is 1. The number of carbonyl (C=O) groups is 1. The van der Waals surface area contributed by atoms with E-state index in [1.165, 1.54) is 22.9 Å². The number of amides is 1. The van der Waals surface area contributed by atoms with E-state index in [1.54, 1.807) is 0 Å². The van der Waals surface area contributed by atoms with Crippen LogP contribution in [0.4, 0.5) is 0 Å². The number of carbonyl (C=O) groups excluding carboxylic acids is 1. The fourth-order valence-corrected chi connectivity index (χ4v) is 1.96. The van der Waals surface area contributed by atoms with Gasteiger partial charge < -0.3 is 5.32 Å². The van der Waals surface area contributed by atoms with Crippen molar-refractivity contribution in [2.75, 3.05) is 11.5 Å². The van der Waals surface area contributed by atoms with Crippen LogP contribution in [0, 0.1) is 25.2 Å². The maximum absolute atomic E-state index is 11.4. The van der Waals surface area contributed by atoms with Crippen molar-refractivity contribution in [2.24, 2.45) is 0 Å². The molecule has 1 N–H and O–H groups in total. The second kappa shape index (κ2) is 6.97. The molecule has 0 fully saturated rings. The molecule has 1 aromatic rings. The molecule has 0 bridgehead atoms. The molecule has 1 amide bonds. The van der Waals surface area contributed by atoms with Gasteiger partial charge in [-0.2, -0.15) is 5.26 Å². The van der Waals surface area contributed by atoms with E-state index in [1.807, 2.05) is 32.0 Å². The average molecular weight is 248 g/mol. The Kier molecular flexibility index (Phi) is 5.58. The molecule has 4 heteroatoms. The first-order chi connectivity index (χ1) is 8.13. The highest BCUT2D eigenvalue weighted by atomic mass is 32.2. The van der Waals surface area contributed by atoms with Crippen LogP contribution in [-0.4, -0.2) is 17.4 Å². The van der Waals surface area contributed by atoms with Crippen LogP contribution in [0.1, 0.15) is 16.7 Å². The first-order valence-corrected chi connectivity index (χ1v) is 6.56. The number of hydrogen-bond donors (Lipinski definition) is 1. The number of rotatable bonds is 5. The Morgan fingerprint density at radius 1 is 1.47 bits per heavy atom. The zero-order valence-corrected chi connectivity index (χ0v) is 10.9. The van der Waals surface area contributed by atoms with Crippen molar-refractivity contribution in [2.45, 2.75) is 20.4 Å². The maximum Gasteiger partial charge on any atom is 0.230 e. The third kappa shape index (κ3) is 4.92. The molecule has 0 radical (unpaired) electrons. The molecule has 0 aliphatic carbocycles. The van der Waals surface area contributed by atoms with Crippen LogP contribution in [0.3, 0.4) is 0 Å². The topological polar surface area (TPSA) is 52.9 Å². The molecule has 0 unspecified atom stereocenters. The van der Waals surface area contributed by atoms with Crippen molar-refractivity contribution in [1.29, 1.82) is 5.26 Å². The molecule has 0 aliphatic heterocycles. The highest BCUT2D eigenvalue weighted by Gasteiger charge is 2.03. The van der Waals surface area contributed by atoms with Crippen molar-refractivity contribution in [3.05, 3.63) is 34.9 Å². The third-order valence-corrected chi connectivity index (χ3v) is 3.17. The van der Waals surface area contributed by atoms with Crippen LogP contribution < -0.4 is 5.32 Å². The lowest BCUT2D eigenvalue weighted by molar-refractivity contribution is -0.118. The van der Waals surface area contributed by atoms with E-state index >= 15 is 0 Å². The van der Waals surface area contributed by atoms with Crippen molar-refractivity contribution in [3.8, 4) is 6.07 Å². The first kappa shape index (κ1) is 13.6. The molecule has 3 nitrogen and oxygen atoms in total. The van der Waals surface area contributed by atoms with E-state index in [4.69, 9.17) is 5.26 Å². The maximum atomic E-state index is 11.4. The van der Waals surface area contributed by atoms with Crippen LogP contribution in [0.15, 0.2) is 18.2 Å². The van der Waals surface area contributed by atoms with Gasteiger partial charge in [-0.25, -0.2) is 0 Å². The van der Waals surface area contributed by atoms with Gasteiger partial charge in [-0.05, 0) is 25.0 Å². The summed E-state index contributed by atoms with van der Waals surface area (Å²) in [5.41, 5.74) is 3.55. The second-order valence-corrected chi connectivity index (χ2v) is 4.84. The van der Waals surface area contributed by atoms with E-state index in [-0.39, 0.29) is 5.91 Å². The molecule has 0 aromatic heterocycles. The summed E-state index contributed by atoms with van der Waals surface area (Å²) in [7, 11) is 0. The van der Waals surface area contributed by atoms with Gasteiger partial charge in [0.25, 0.3) is 0 Å². The average Bonchev–Trinajstić information content (AvgIpc) is 2.28. The monoisotopic (exact) mass is 248 g/mol. The first-order valence-electron chi connectivity index (χ1n) is 5.41. The summed E-state index contributed by atoms with van der Waals surface area (Å²) < 4.78 is 0. The van der Waals surface area contributed by atoms with Gasteiger partial charge in [0.15, 0.2) is 0 Å². The Balaban J connectivity index is 2.40. The Labute approximate surface area is 106 Å². The Bertz CT molecular complexity index is 438. The SMILES string of the molecule is Cc1ccc(CNC(=O)CSCC#N)c(C)c1. The number of aryl methyl sites for hydroxylation is 2. The largest absolute Gasteiger partial charge is 0.351 e. The van der Waals surface area contributed by atoms with Gasteiger partial charge in [-0.3, -0.25) is 4.79 Å². The minimum Gasteiger partial charge on any atom is -0.351 e. The van der Waals surface area contributed by atoms with Crippen LogP contribution in [0.2, 0.25) is 0 Å². The molecule has 0 atom stereocenters. The Morgan fingerprint density at radius 2 is 2.24 bits per heavy atom. The van der Waals surface area contributed by atoms with Gasteiger partial charge in [0.2, 0.25) is 5.91 Å². The fraction of sp³-hybridized carbons (Fsp3) is 0.385. The molecule has 0 spiro atoms. The van der Waals surface area contributed by atoms with Crippen LogP contribution in [0.5, 0.6) is 0 Å². The standard InChI is InChI=1S/C13H16N2OS/c1-10-3-4-12(11(2)7-10)8-15-13(16)9-17-6-5-14/h3-4,7H,6,8-9H2,1-2H3,(H,15,16). The van der Waals surface area contributed by atoms with Crippen molar-refractivity contribution in [1.82, 2.24) is 5.32 Å². The summed E-state index contributed by atoms with van der Waals surface area (Å²) in [6.45, 7) is 4.64. The molecule has 17 heavy (non-hydrogen) atoms. The molecule has 90 valence electrons. The molecule has 1 aromatic carbocycles. The van der Waals surface area contributed by atoms with E-state index in [9.17, 15) is 4.79 Å². The quantitative estimate of drug-likeness (QED) is 0.813. The predicted octanol–water partition coefficient (Wildman–Crippen LogP) is 2.18.